The van der Waals surface area contributed by atoms with Crippen LogP contribution in [0.15, 0.2) is 12.1 Å². The molecule has 2 aliphatic rings. The van der Waals surface area contributed by atoms with Crippen molar-refractivity contribution in [3.63, 3.8) is 0 Å². The summed E-state index contributed by atoms with van der Waals surface area (Å²) in [4.78, 5) is 4.13. The van der Waals surface area contributed by atoms with E-state index in [0.717, 1.165) is 23.3 Å². The van der Waals surface area contributed by atoms with Gasteiger partial charge < -0.3 is 5.32 Å². The SMILES string of the molecule is CCCC1CN(Cc2ccc(Cl)s2)C(C)(C2CC2)CN1. The molecule has 2 fully saturated rings. The normalized spacial score (nSPS) is 31.6. The quantitative estimate of drug-likeness (QED) is 0.879. The van der Waals surface area contributed by atoms with Gasteiger partial charge in [0.25, 0.3) is 0 Å². The molecule has 0 bridgehead atoms. The van der Waals surface area contributed by atoms with Crippen molar-refractivity contribution < 1.29 is 0 Å². The van der Waals surface area contributed by atoms with Crippen LogP contribution in [-0.4, -0.2) is 29.6 Å². The van der Waals surface area contributed by atoms with Gasteiger partial charge in [-0.3, -0.25) is 4.90 Å². The number of rotatable bonds is 5. The van der Waals surface area contributed by atoms with E-state index in [1.54, 1.807) is 11.3 Å². The predicted molar refractivity (Wildman–Crippen MR) is 87.6 cm³/mol. The summed E-state index contributed by atoms with van der Waals surface area (Å²) < 4.78 is 0.911. The lowest BCUT2D eigenvalue weighted by atomic mass is 9.88. The van der Waals surface area contributed by atoms with Crippen molar-refractivity contribution in [2.45, 2.75) is 57.7 Å². The molecular formula is C16H25ClN2S. The molecule has 1 aliphatic heterocycles. The summed E-state index contributed by atoms with van der Waals surface area (Å²) >= 11 is 7.82. The summed E-state index contributed by atoms with van der Waals surface area (Å²) in [6, 6.07) is 4.88. The zero-order valence-corrected chi connectivity index (χ0v) is 14.1. The van der Waals surface area contributed by atoms with Crippen LogP contribution in [0.25, 0.3) is 0 Å². The van der Waals surface area contributed by atoms with Crippen molar-refractivity contribution in [3.05, 3.63) is 21.3 Å². The molecule has 1 aliphatic carbocycles. The van der Waals surface area contributed by atoms with Crippen LogP contribution in [0, 0.1) is 5.92 Å². The van der Waals surface area contributed by atoms with Gasteiger partial charge in [0, 0.05) is 36.1 Å². The number of halogens is 1. The van der Waals surface area contributed by atoms with Gasteiger partial charge in [-0.15, -0.1) is 11.3 Å². The van der Waals surface area contributed by atoms with Crippen LogP contribution in [0.1, 0.15) is 44.4 Å². The topological polar surface area (TPSA) is 15.3 Å². The number of nitrogens with zero attached hydrogens (tertiary/aromatic N) is 1. The van der Waals surface area contributed by atoms with Crippen molar-refractivity contribution in [1.29, 1.82) is 0 Å². The van der Waals surface area contributed by atoms with Crippen molar-refractivity contribution in [1.82, 2.24) is 10.2 Å². The Balaban J connectivity index is 1.74. The Hall–Kier alpha value is -0.0900. The summed E-state index contributed by atoms with van der Waals surface area (Å²) in [5, 5.41) is 3.79. The number of hydrogen-bond donors (Lipinski definition) is 1. The van der Waals surface area contributed by atoms with E-state index < -0.39 is 0 Å². The van der Waals surface area contributed by atoms with Crippen LogP contribution in [-0.2, 0) is 6.54 Å². The lowest BCUT2D eigenvalue weighted by molar-refractivity contribution is 0.0268. The molecule has 2 nitrogen and oxygen atoms in total. The number of thiophene rings is 1. The molecule has 1 saturated carbocycles. The van der Waals surface area contributed by atoms with Crippen LogP contribution in [0.3, 0.4) is 0 Å². The van der Waals surface area contributed by atoms with Gasteiger partial charge in [-0.2, -0.15) is 0 Å². The highest BCUT2D eigenvalue weighted by atomic mass is 35.5. The van der Waals surface area contributed by atoms with Gasteiger partial charge in [-0.25, -0.2) is 0 Å². The summed E-state index contributed by atoms with van der Waals surface area (Å²) in [7, 11) is 0. The fourth-order valence-electron chi connectivity index (χ4n) is 3.52. The molecule has 1 saturated heterocycles. The van der Waals surface area contributed by atoms with Gasteiger partial charge in [0.15, 0.2) is 0 Å². The van der Waals surface area contributed by atoms with Crippen molar-refractivity contribution in [3.8, 4) is 0 Å². The highest BCUT2D eigenvalue weighted by Crippen LogP contribution is 2.45. The molecule has 0 amide bonds. The van der Waals surface area contributed by atoms with Crippen molar-refractivity contribution in [2.75, 3.05) is 13.1 Å². The van der Waals surface area contributed by atoms with E-state index >= 15 is 0 Å². The molecule has 1 N–H and O–H groups in total. The molecule has 2 atom stereocenters. The third kappa shape index (κ3) is 3.06. The maximum Gasteiger partial charge on any atom is 0.0931 e. The van der Waals surface area contributed by atoms with Crippen molar-refractivity contribution >= 4 is 22.9 Å². The Kier molecular flexibility index (Phi) is 4.42. The number of hydrogen-bond acceptors (Lipinski definition) is 3. The summed E-state index contributed by atoms with van der Waals surface area (Å²) in [6.45, 7) is 8.11. The molecule has 4 heteroatoms. The lowest BCUT2D eigenvalue weighted by Gasteiger charge is -2.48. The van der Waals surface area contributed by atoms with E-state index in [1.807, 2.05) is 6.07 Å². The minimum Gasteiger partial charge on any atom is -0.311 e. The highest BCUT2D eigenvalue weighted by molar-refractivity contribution is 7.16. The first-order valence-corrected chi connectivity index (χ1v) is 9.04. The fraction of sp³-hybridized carbons (Fsp3) is 0.750. The first-order valence-electron chi connectivity index (χ1n) is 7.84. The van der Waals surface area contributed by atoms with Gasteiger partial charge >= 0.3 is 0 Å². The van der Waals surface area contributed by atoms with Crippen molar-refractivity contribution in [2.24, 2.45) is 5.92 Å². The Morgan fingerprint density at radius 2 is 2.25 bits per heavy atom. The van der Waals surface area contributed by atoms with E-state index in [2.05, 4.69) is 30.1 Å². The second kappa shape index (κ2) is 5.96. The zero-order valence-electron chi connectivity index (χ0n) is 12.5. The second-order valence-corrected chi connectivity index (χ2v) is 8.38. The third-order valence-corrected chi connectivity index (χ3v) is 6.20. The molecule has 0 spiro atoms. The zero-order chi connectivity index (χ0) is 14.2. The first-order chi connectivity index (χ1) is 9.61. The van der Waals surface area contributed by atoms with E-state index in [9.17, 15) is 0 Å². The average molecular weight is 313 g/mol. The standard InChI is InChI=1S/C16H25ClN2S/c1-3-4-13-9-19(10-14-7-8-15(17)20-14)16(2,11-18-13)12-5-6-12/h7-8,12-13,18H,3-6,9-11H2,1-2H3. The average Bonchev–Trinajstić information content (AvgIpc) is 3.19. The molecule has 1 aromatic rings. The van der Waals surface area contributed by atoms with Gasteiger partial charge in [0.1, 0.15) is 0 Å². The molecule has 0 radical (unpaired) electrons. The van der Waals surface area contributed by atoms with E-state index in [-0.39, 0.29) is 0 Å². The smallest absolute Gasteiger partial charge is 0.0931 e. The minimum absolute atomic E-state index is 0.334. The minimum atomic E-state index is 0.334. The lowest BCUT2D eigenvalue weighted by Crippen LogP contribution is -2.63. The van der Waals surface area contributed by atoms with Crippen LogP contribution in [0.4, 0.5) is 0 Å². The summed E-state index contributed by atoms with van der Waals surface area (Å²) in [5.74, 6) is 0.882. The van der Waals surface area contributed by atoms with E-state index in [1.165, 1.54) is 37.1 Å². The van der Waals surface area contributed by atoms with Crippen LogP contribution in [0.2, 0.25) is 4.34 Å². The molecule has 2 unspecified atom stereocenters. The predicted octanol–water partition coefficient (Wildman–Crippen LogP) is 4.14. The fourth-order valence-corrected chi connectivity index (χ4v) is 4.62. The number of nitrogens with one attached hydrogen (secondary N) is 1. The van der Waals surface area contributed by atoms with Crippen LogP contribution < -0.4 is 5.32 Å². The Morgan fingerprint density at radius 3 is 2.85 bits per heavy atom. The molecule has 0 aromatic carbocycles. The Labute approximate surface area is 131 Å². The third-order valence-electron chi connectivity index (χ3n) is 4.98. The Morgan fingerprint density at radius 1 is 1.45 bits per heavy atom. The van der Waals surface area contributed by atoms with Crippen LogP contribution in [0.5, 0.6) is 0 Å². The summed E-state index contributed by atoms with van der Waals surface area (Å²) in [6.07, 6.45) is 5.34. The molecule has 2 heterocycles. The molecule has 112 valence electrons. The van der Waals surface area contributed by atoms with Gasteiger partial charge in [0.2, 0.25) is 0 Å². The monoisotopic (exact) mass is 312 g/mol. The van der Waals surface area contributed by atoms with Crippen LogP contribution >= 0.6 is 22.9 Å². The summed E-state index contributed by atoms with van der Waals surface area (Å²) in [5.41, 5.74) is 0.334. The van der Waals surface area contributed by atoms with E-state index in [0.29, 0.717) is 11.6 Å². The Bertz CT molecular complexity index is 457. The molecular weight excluding hydrogens is 288 g/mol. The molecule has 3 rings (SSSR count). The number of piperazine rings is 1. The highest BCUT2D eigenvalue weighted by Gasteiger charge is 2.48. The second-order valence-electron chi connectivity index (χ2n) is 6.58. The largest absolute Gasteiger partial charge is 0.311 e. The van der Waals surface area contributed by atoms with Gasteiger partial charge in [-0.05, 0) is 44.2 Å². The first kappa shape index (κ1) is 14.8. The van der Waals surface area contributed by atoms with E-state index in [4.69, 9.17) is 11.6 Å². The van der Waals surface area contributed by atoms with Gasteiger partial charge in [-0.1, -0.05) is 24.9 Å². The molecule has 1 aromatic heterocycles. The van der Waals surface area contributed by atoms with Gasteiger partial charge in [0.05, 0.1) is 4.34 Å². The maximum atomic E-state index is 6.09. The maximum absolute atomic E-state index is 6.09. The molecule has 20 heavy (non-hydrogen) atoms.